The zero-order valence-corrected chi connectivity index (χ0v) is 8.19. The lowest BCUT2D eigenvalue weighted by Gasteiger charge is -2.09. The number of aliphatic hydroxyl groups is 1. The molecule has 1 unspecified atom stereocenters. The SMILES string of the molecule is O=C(O)c1ccoc1CNCC(O)C(F)F. The summed E-state index contributed by atoms with van der Waals surface area (Å²) in [6.45, 7) is -0.365. The Morgan fingerprint density at radius 2 is 2.25 bits per heavy atom. The van der Waals surface area contributed by atoms with Crippen LogP contribution in [-0.4, -0.2) is 35.3 Å². The first-order chi connectivity index (χ1) is 7.52. The molecule has 1 atom stereocenters. The van der Waals surface area contributed by atoms with Crippen molar-refractivity contribution in [2.45, 2.75) is 19.1 Å². The minimum atomic E-state index is -2.83. The highest BCUT2D eigenvalue weighted by atomic mass is 19.3. The molecule has 0 amide bonds. The molecule has 1 heterocycles. The van der Waals surface area contributed by atoms with Crippen LogP contribution in [0.15, 0.2) is 16.7 Å². The highest BCUT2D eigenvalue weighted by Crippen LogP contribution is 2.10. The fourth-order valence-electron chi connectivity index (χ4n) is 1.09. The smallest absolute Gasteiger partial charge is 0.339 e. The summed E-state index contributed by atoms with van der Waals surface area (Å²) in [6.07, 6.45) is -3.41. The first-order valence-electron chi connectivity index (χ1n) is 4.49. The molecule has 0 radical (unpaired) electrons. The van der Waals surface area contributed by atoms with Gasteiger partial charge in [-0.2, -0.15) is 0 Å². The van der Waals surface area contributed by atoms with Crippen LogP contribution in [-0.2, 0) is 6.54 Å². The summed E-state index contributed by atoms with van der Waals surface area (Å²) in [7, 11) is 0. The molecule has 3 N–H and O–H groups in total. The molecule has 0 bridgehead atoms. The van der Waals surface area contributed by atoms with Gasteiger partial charge in [0.1, 0.15) is 17.4 Å². The number of carboxylic acids is 1. The van der Waals surface area contributed by atoms with Crippen LogP contribution < -0.4 is 5.32 Å². The molecule has 0 fully saturated rings. The lowest BCUT2D eigenvalue weighted by molar-refractivity contribution is -0.00361. The maximum absolute atomic E-state index is 11.9. The van der Waals surface area contributed by atoms with Crippen molar-refractivity contribution < 1.29 is 28.2 Å². The molecule has 1 aromatic rings. The Morgan fingerprint density at radius 3 is 2.81 bits per heavy atom. The minimum absolute atomic E-state index is 0.0287. The van der Waals surface area contributed by atoms with E-state index in [4.69, 9.17) is 14.6 Å². The van der Waals surface area contributed by atoms with Gasteiger partial charge in [0.2, 0.25) is 0 Å². The molecular weight excluding hydrogens is 224 g/mol. The van der Waals surface area contributed by atoms with Gasteiger partial charge < -0.3 is 19.9 Å². The standard InChI is InChI=1S/C9H11F2NO4/c10-8(11)6(13)3-12-4-7-5(9(14)15)1-2-16-7/h1-2,6,8,12-13H,3-4H2,(H,14,15). The van der Waals surface area contributed by atoms with E-state index in [1.165, 1.54) is 12.3 Å². The summed E-state index contributed by atoms with van der Waals surface area (Å²) in [5.41, 5.74) is -0.0287. The van der Waals surface area contributed by atoms with E-state index in [2.05, 4.69) is 5.32 Å². The predicted octanol–water partition coefficient (Wildman–Crippen LogP) is 0.693. The average Bonchev–Trinajstić information content (AvgIpc) is 2.65. The summed E-state index contributed by atoms with van der Waals surface area (Å²) < 4.78 is 28.6. The summed E-state index contributed by atoms with van der Waals surface area (Å²) in [5.74, 6) is -1.02. The molecule has 5 nitrogen and oxygen atoms in total. The van der Waals surface area contributed by atoms with Crippen molar-refractivity contribution in [3.05, 3.63) is 23.7 Å². The van der Waals surface area contributed by atoms with Crippen LogP contribution in [0.3, 0.4) is 0 Å². The maximum Gasteiger partial charge on any atom is 0.339 e. The van der Waals surface area contributed by atoms with Crippen molar-refractivity contribution in [1.29, 1.82) is 0 Å². The third kappa shape index (κ3) is 3.28. The van der Waals surface area contributed by atoms with Gasteiger partial charge in [-0.25, -0.2) is 13.6 Å². The second-order valence-electron chi connectivity index (χ2n) is 3.10. The first-order valence-corrected chi connectivity index (χ1v) is 4.49. The van der Waals surface area contributed by atoms with Crippen molar-refractivity contribution in [1.82, 2.24) is 5.32 Å². The lowest BCUT2D eigenvalue weighted by Crippen LogP contribution is -2.31. The molecule has 16 heavy (non-hydrogen) atoms. The largest absolute Gasteiger partial charge is 0.478 e. The van der Waals surface area contributed by atoms with Crippen LogP contribution in [0, 0.1) is 0 Å². The molecule has 1 rings (SSSR count). The third-order valence-electron chi connectivity index (χ3n) is 1.91. The second kappa shape index (κ2) is 5.57. The fourth-order valence-corrected chi connectivity index (χ4v) is 1.09. The number of rotatable bonds is 6. The molecular formula is C9H11F2NO4. The number of halogens is 2. The van der Waals surface area contributed by atoms with Crippen LogP contribution in [0.4, 0.5) is 8.78 Å². The minimum Gasteiger partial charge on any atom is -0.478 e. The summed E-state index contributed by atoms with van der Waals surface area (Å²) >= 11 is 0. The number of alkyl halides is 2. The van der Waals surface area contributed by atoms with E-state index in [9.17, 15) is 13.6 Å². The van der Waals surface area contributed by atoms with E-state index in [0.29, 0.717) is 0 Å². The molecule has 0 aliphatic heterocycles. The molecule has 0 aromatic carbocycles. The molecule has 7 heteroatoms. The predicted molar refractivity (Wildman–Crippen MR) is 49.4 cm³/mol. The average molecular weight is 235 g/mol. The Balaban J connectivity index is 2.43. The Bertz CT molecular complexity index is 353. The monoisotopic (exact) mass is 235 g/mol. The normalized spacial score (nSPS) is 13.0. The van der Waals surface area contributed by atoms with Crippen molar-refractivity contribution in [3.8, 4) is 0 Å². The zero-order valence-electron chi connectivity index (χ0n) is 8.19. The van der Waals surface area contributed by atoms with E-state index in [1.807, 2.05) is 0 Å². The van der Waals surface area contributed by atoms with Gasteiger partial charge in [0.05, 0.1) is 12.8 Å². The zero-order chi connectivity index (χ0) is 12.1. The van der Waals surface area contributed by atoms with Crippen molar-refractivity contribution in [3.63, 3.8) is 0 Å². The van der Waals surface area contributed by atoms with Gasteiger partial charge in [-0.05, 0) is 6.07 Å². The number of carbonyl (C=O) groups is 1. The highest BCUT2D eigenvalue weighted by Gasteiger charge is 2.17. The maximum atomic E-state index is 11.9. The molecule has 0 spiro atoms. The number of carboxylic acid groups (broad SMARTS) is 1. The molecule has 1 aromatic heterocycles. The van der Waals surface area contributed by atoms with Gasteiger partial charge in [-0.15, -0.1) is 0 Å². The summed E-state index contributed by atoms with van der Waals surface area (Å²) in [6, 6.07) is 1.27. The molecule has 0 saturated heterocycles. The van der Waals surface area contributed by atoms with Crippen molar-refractivity contribution in [2.75, 3.05) is 6.54 Å². The lowest BCUT2D eigenvalue weighted by atomic mass is 10.2. The second-order valence-corrected chi connectivity index (χ2v) is 3.10. The number of furan rings is 1. The van der Waals surface area contributed by atoms with Gasteiger partial charge in [0.15, 0.2) is 0 Å². The summed E-state index contributed by atoms with van der Waals surface area (Å²) in [4.78, 5) is 10.6. The summed E-state index contributed by atoms with van der Waals surface area (Å²) in [5, 5.41) is 19.9. The Labute approximate surface area is 89.7 Å². The van der Waals surface area contributed by atoms with E-state index in [-0.39, 0.29) is 24.4 Å². The van der Waals surface area contributed by atoms with Crippen molar-refractivity contribution in [2.24, 2.45) is 0 Å². The van der Waals surface area contributed by atoms with Gasteiger partial charge in [0, 0.05) is 6.54 Å². The Kier molecular flexibility index (Phi) is 4.39. The van der Waals surface area contributed by atoms with Crippen LogP contribution >= 0.6 is 0 Å². The van der Waals surface area contributed by atoms with Crippen molar-refractivity contribution >= 4 is 5.97 Å². The highest BCUT2D eigenvalue weighted by molar-refractivity contribution is 5.88. The van der Waals surface area contributed by atoms with Gasteiger partial charge >= 0.3 is 5.97 Å². The third-order valence-corrected chi connectivity index (χ3v) is 1.91. The van der Waals surface area contributed by atoms with Crippen LogP contribution in [0.25, 0.3) is 0 Å². The molecule has 0 saturated carbocycles. The van der Waals surface area contributed by atoms with Crippen LogP contribution in [0.1, 0.15) is 16.1 Å². The molecule has 0 aliphatic rings. The Morgan fingerprint density at radius 1 is 1.56 bits per heavy atom. The molecule has 0 aliphatic carbocycles. The van der Waals surface area contributed by atoms with Gasteiger partial charge in [-0.3, -0.25) is 0 Å². The van der Waals surface area contributed by atoms with E-state index in [0.717, 1.165) is 0 Å². The van der Waals surface area contributed by atoms with Crippen LogP contribution in [0.2, 0.25) is 0 Å². The fraction of sp³-hybridized carbons (Fsp3) is 0.444. The number of aromatic carboxylic acids is 1. The quantitative estimate of drug-likeness (QED) is 0.675. The number of hydrogen-bond acceptors (Lipinski definition) is 4. The van der Waals surface area contributed by atoms with Crippen LogP contribution in [0.5, 0.6) is 0 Å². The number of aliphatic hydroxyl groups excluding tert-OH is 1. The van der Waals surface area contributed by atoms with Gasteiger partial charge in [0.25, 0.3) is 6.43 Å². The van der Waals surface area contributed by atoms with E-state index in [1.54, 1.807) is 0 Å². The van der Waals surface area contributed by atoms with E-state index < -0.39 is 18.5 Å². The topological polar surface area (TPSA) is 82.7 Å². The first kappa shape index (κ1) is 12.6. The molecule has 90 valence electrons. The Hall–Kier alpha value is -1.47. The van der Waals surface area contributed by atoms with E-state index >= 15 is 0 Å². The van der Waals surface area contributed by atoms with Gasteiger partial charge in [-0.1, -0.05) is 0 Å². The number of hydrogen-bond donors (Lipinski definition) is 3. The number of nitrogens with one attached hydrogen (secondary N) is 1.